The molecule has 0 aromatic heterocycles. The predicted molar refractivity (Wildman–Crippen MR) is 85.2 cm³/mol. The first-order chi connectivity index (χ1) is 10.1. The van der Waals surface area contributed by atoms with Crippen LogP contribution in [0.3, 0.4) is 0 Å². The van der Waals surface area contributed by atoms with Gasteiger partial charge in [0.15, 0.2) is 0 Å². The molecule has 0 spiro atoms. The lowest BCUT2D eigenvalue weighted by Gasteiger charge is -2.34. The number of piperazine rings is 1. The summed E-state index contributed by atoms with van der Waals surface area (Å²) in [4.78, 5) is 16.9. The summed E-state index contributed by atoms with van der Waals surface area (Å²) in [5.74, 6) is -0.0137. The van der Waals surface area contributed by atoms with E-state index in [1.807, 2.05) is 24.3 Å². The van der Waals surface area contributed by atoms with Gasteiger partial charge < -0.3 is 16.0 Å². The number of carbonyl (C=O) groups excluding carboxylic acids is 1. The largest absolute Gasteiger partial charge is 0.348 e. The number of nitrogens with two attached hydrogens (primary N) is 1. The number of likely N-dealkylation sites (N-methyl/N-ethyl adjacent to an activating group) is 1. The van der Waals surface area contributed by atoms with Crippen LogP contribution in [0, 0.1) is 0 Å². The summed E-state index contributed by atoms with van der Waals surface area (Å²) < 4.78 is 0. The van der Waals surface area contributed by atoms with Gasteiger partial charge in [-0.2, -0.15) is 0 Å². The van der Waals surface area contributed by atoms with Crippen LogP contribution < -0.4 is 11.1 Å². The molecule has 1 aliphatic rings. The quantitative estimate of drug-likeness (QED) is 0.829. The fourth-order valence-electron chi connectivity index (χ4n) is 2.56. The summed E-state index contributed by atoms with van der Waals surface area (Å²) in [7, 11) is 2.15. The third kappa shape index (κ3) is 4.81. The van der Waals surface area contributed by atoms with E-state index in [0.717, 1.165) is 38.3 Å². The van der Waals surface area contributed by atoms with Crippen molar-refractivity contribution in [3.05, 3.63) is 35.4 Å². The number of rotatable bonds is 5. The zero-order valence-corrected chi connectivity index (χ0v) is 13.0. The van der Waals surface area contributed by atoms with Crippen LogP contribution in [0.15, 0.2) is 24.3 Å². The van der Waals surface area contributed by atoms with Gasteiger partial charge in [0.25, 0.3) is 5.91 Å². The van der Waals surface area contributed by atoms with Gasteiger partial charge in [-0.3, -0.25) is 9.69 Å². The van der Waals surface area contributed by atoms with Gasteiger partial charge in [-0.05, 0) is 31.7 Å². The summed E-state index contributed by atoms with van der Waals surface area (Å²) in [6, 6.07) is 7.62. The molecule has 1 aromatic carbocycles. The lowest BCUT2D eigenvalue weighted by molar-refractivity contribution is 0.0914. The molecule has 1 fully saturated rings. The average Bonchev–Trinajstić information content (AvgIpc) is 2.49. The van der Waals surface area contributed by atoms with E-state index in [-0.39, 0.29) is 11.9 Å². The van der Waals surface area contributed by atoms with Gasteiger partial charge in [-0.1, -0.05) is 12.1 Å². The monoisotopic (exact) mass is 290 g/mol. The van der Waals surface area contributed by atoms with Crippen molar-refractivity contribution in [1.29, 1.82) is 0 Å². The van der Waals surface area contributed by atoms with Gasteiger partial charge in [-0.15, -0.1) is 0 Å². The molecular formula is C16H26N4O. The van der Waals surface area contributed by atoms with Crippen LogP contribution in [-0.2, 0) is 6.54 Å². The number of benzene rings is 1. The lowest BCUT2D eigenvalue weighted by atomic mass is 10.1. The molecule has 1 unspecified atom stereocenters. The van der Waals surface area contributed by atoms with Gasteiger partial charge in [0.2, 0.25) is 0 Å². The molecule has 116 valence electrons. The molecule has 0 radical (unpaired) electrons. The molecule has 5 nitrogen and oxygen atoms in total. The molecule has 1 heterocycles. The van der Waals surface area contributed by atoms with Gasteiger partial charge in [-0.25, -0.2) is 0 Å². The van der Waals surface area contributed by atoms with E-state index in [1.165, 1.54) is 0 Å². The van der Waals surface area contributed by atoms with Crippen molar-refractivity contribution in [1.82, 2.24) is 15.1 Å². The molecular weight excluding hydrogens is 264 g/mol. The predicted octanol–water partition coefficient (Wildman–Crippen LogP) is 0.511. The molecule has 3 N–H and O–H groups in total. The molecule has 5 heteroatoms. The van der Waals surface area contributed by atoms with E-state index in [1.54, 1.807) is 0 Å². The molecule has 0 aliphatic carbocycles. The zero-order chi connectivity index (χ0) is 15.2. The van der Waals surface area contributed by atoms with E-state index in [4.69, 9.17) is 5.73 Å². The standard InChI is InChI=1S/C16H26N4O/c1-13(12-20-9-7-19(2)8-10-20)18-16(21)15-5-3-14(11-17)4-6-15/h3-6,13H,7-12,17H2,1-2H3,(H,18,21). The second-order valence-electron chi connectivity index (χ2n) is 5.88. The Morgan fingerprint density at radius 2 is 1.86 bits per heavy atom. The minimum absolute atomic E-state index is 0.0137. The van der Waals surface area contributed by atoms with Crippen LogP contribution in [0.4, 0.5) is 0 Å². The van der Waals surface area contributed by atoms with Gasteiger partial charge in [0.05, 0.1) is 0 Å². The van der Waals surface area contributed by atoms with E-state index in [9.17, 15) is 4.79 Å². The summed E-state index contributed by atoms with van der Waals surface area (Å²) in [6.07, 6.45) is 0. The number of nitrogens with one attached hydrogen (secondary N) is 1. The fraction of sp³-hybridized carbons (Fsp3) is 0.562. The summed E-state index contributed by atoms with van der Waals surface area (Å²) in [5.41, 5.74) is 7.29. The van der Waals surface area contributed by atoms with Crippen LogP contribution in [0.1, 0.15) is 22.8 Å². The Hall–Kier alpha value is -1.43. The Balaban J connectivity index is 1.81. The lowest BCUT2D eigenvalue weighted by Crippen LogP contribution is -2.49. The van der Waals surface area contributed by atoms with Crippen molar-refractivity contribution in [2.45, 2.75) is 19.5 Å². The first-order valence-corrected chi connectivity index (χ1v) is 7.59. The second-order valence-corrected chi connectivity index (χ2v) is 5.88. The van der Waals surface area contributed by atoms with E-state index < -0.39 is 0 Å². The number of nitrogens with zero attached hydrogens (tertiary/aromatic N) is 2. The van der Waals surface area contributed by atoms with Crippen LogP contribution >= 0.6 is 0 Å². The number of amides is 1. The molecule has 1 amide bonds. The van der Waals surface area contributed by atoms with Crippen molar-refractivity contribution >= 4 is 5.91 Å². The Morgan fingerprint density at radius 3 is 2.43 bits per heavy atom. The number of hydrogen-bond acceptors (Lipinski definition) is 4. The molecule has 2 rings (SSSR count). The third-order valence-electron chi connectivity index (χ3n) is 3.96. The van der Waals surface area contributed by atoms with E-state index >= 15 is 0 Å². The first-order valence-electron chi connectivity index (χ1n) is 7.59. The van der Waals surface area contributed by atoms with Crippen molar-refractivity contribution < 1.29 is 4.79 Å². The summed E-state index contributed by atoms with van der Waals surface area (Å²) in [5, 5.41) is 3.07. The van der Waals surface area contributed by atoms with Gasteiger partial charge >= 0.3 is 0 Å². The van der Waals surface area contributed by atoms with Crippen molar-refractivity contribution in [2.75, 3.05) is 39.8 Å². The summed E-state index contributed by atoms with van der Waals surface area (Å²) in [6.45, 7) is 7.80. The maximum absolute atomic E-state index is 12.2. The van der Waals surface area contributed by atoms with Crippen LogP contribution in [-0.4, -0.2) is 61.5 Å². The average molecular weight is 290 g/mol. The van der Waals surface area contributed by atoms with Crippen LogP contribution in [0.2, 0.25) is 0 Å². The maximum Gasteiger partial charge on any atom is 0.251 e. The summed E-state index contributed by atoms with van der Waals surface area (Å²) >= 11 is 0. The van der Waals surface area contributed by atoms with Gasteiger partial charge in [0, 0.05) is 50.9 Å². The SMILES string of the molecule is CC(CN1CCN(C)CC1)NC(=O)c1ccc(CN)cc1. The Morgan fingerprint density at radius 1 is 1.24 bits per heavy atom. The molecule has 21 heavy (non-hydrogen) atoms. The maximum atomic E-state index is 12.2. The Kier molecular flexibility index (Phi) is 5.73. The molecule has 1 saturated heterocycles. The van der Waals surface area contributed by atoms with Crippen LogP contribution in [0.25, 0.3) is 0 Å². The number of carbonyl (C=O) groups is 1. The smallest absolute Gasteiger partial charge is 0.251 e. The molecule has 1 aromatic rings. The van der Waals surface area contributed by atoms with Crippen LogP contribution in [0.5, 0.6) is 0 Å². The van der Waals surface area contributed by atoms with E-state index in [2.05, 4.69) is 29.1 Å². The Labute approximate surface area is 127 Å². The minimum atomic E-state index is -0.0137. The first kappa shape index (κ1) is 15.9. The topological polar surface area (TPSA) is 61.6 Å². The van der Waals surface area contributed by atoms with Crippen molar-refractivity contribution in [3.63, 3.8) is 0 Å². The minimum Gasteiger partial charge on any atom is -0.348 e. The normalized spacial score (nSPS) is 18.4. The highest BCUT2D eigenvalue weighted by molar-refractivity contribution is 5.94. The highest BCUT2D eigenvalue weighted by atomic mass is 16.1. The molecule has 0 bridgehead atoms. The highest BCUT2D eigenvalue weighted by Crippen LogP contribution is 2.05. The van der Waals surface area contributed by atoms with Gasteiger partial charge in [0.1, 0.15) is 0 Å². The molecule has 0 saturated carbocycles. The zero-order valence-electron chi connectivity index (χ0n) is 13.0. The van der Waals surface area contributed by atoms with Crippen molar-refractivity contribution in [2.24, 2.45) is 5.73 Å². The number of hydrogen-bond donors (Lipinski definition) is 2. The van der Waals surface area contributed by atoms with E-state index in [0.29, 0.717) is 12.1 Å². The Bertz CT molecular complexity index is 452. The second kappa shape index (κ2) is 7.54. The molecule has 1 aliphatic heterocycles. The van der Waals surface area contributed by atoms with Crippen molar-refractivity contribution in [3.8, 4) is 0 Å². The third-order valence-corrected chi connectivity index (χ3v) is 3.96. The highest BCUT2D eigenvalue weighted by Gasteiger charge is 2.17. The fourth-order valence-corrected chi connectivity index (χ4v) is 2.56. The molecule has 1 atom stereocenters.